The lowest BCUT2D eigenvalue weighted by Gasteiger charge is -2.31. The largest absolute Gasteiger partial charge is 0.414 e. The number of pyridine rings is 2. The lowest BCUT2D eigenvalue weighted by atomic mass is 10.1. The lowest BCUT2D eigenvalue weighted by Crippen LogP contribution is -2.46. The van der Waals surface area contributed by atoms with Gasteiger partial charge in [-0.2, -0.15) is 13.2 Å². The number of rotatable bonds is 4. The SMILES string of the molecule is O=C(NC(c1ccccn1)C(F)(F)F)c1nc(C(=O)N2CCCC(F)(F)C2)n2ccccc12. The Labute approximate surface area is 184 Å². The molecule has 1 aliphatic heterocycles. The number of piperidine rings is 1. The predicted molar refractivity (Wildman–Crippen MR) is 106 cm³/mol. The average molecular weight is 467 g/mol. The van der Waals surface area contributed by atoms with Gasteiger partial charge in [-0.3, -0.25) is 19.0 Å². The molecule has 1 aliphatic rings. The molecule has 0 radical (unpaired) electrons. The molecule has 174 valence electrons. The fourth-order valence-corrected chi connectivity index (χ4v) is 3.71. The van der Waals surface area contributed by atoms with Gasteiger partial charge < -0.3 is 10.2 Å². The number of aromatic nitrogens is 3. The normalized spacial score (nSPS) is 17.1. The van der Waals surface area contributed by atoms with Crippen LogP contribution >= 0.6 is 0 Å². The molecule has 2 amide bonds. The number of halogens is 5. The Hall–Kier alpha value is -3.57. The van der Waals surface area contributed by atoms with Crippen molar-refractivity contribution >= 4 is 17.3 Å². The van der Waals surface area contributed by atoms with Crippen LogP contribution in [-0.4, -0.2) is 56.3 Å². The van der Waals surface area contributed by atoms with Gasteiger partial charge in [-0.1, -0.05) is 12.1 Å². The topological polar surface area (TPSA) is 79.6 Å². The molecule has 0 spiro atoms. The van der Waals surface area contributed by atoms with Crippen LogP contribution in [0.1, 0.15) is 45.7 Å². The molecule has 0 aromatic carbocycles. The molecule has 1 atom stereocenters. The zero-order valence-electron chi connectivity index (χ0n) is 17.0. The molecule has 12 heteroatoms. The van der Waals surface area contributed by atoms with E-state index in [-0.39, 0.29) is 30.7 Å². The molecule has 33 heavy (non-hydrogen) atoms. The van der Waals surface area contributed by atoms with Crippen molar-refractivity contribution in [2.75, 3.05) is 13.1 Å². The molecule has 0 saturated carbocycles. The van der Waals surface area contributed by atoms with Gasteiger partial charge in [0.2, 0.25) is 5.82 Å². The molecule has 1 saturated heterocycles. The zero-order chi connectivity index (χ0) is 23.8. The molecule has 7 nitrogen and oxygen atoms in total. The summed E-state index contributed by atoms with van der Waals surface area (Å²) in [4.78, 5) is 34.3. The summed E-state index contributed by atoms with van der Waals surface area (Å²) in [6.07, 6.45) is -2.56. The highest BCUT2D eigenvalue weighted by Crippen LogP contribution is 2.32. The van der Waals surface area contributed by atoms with Gasteiger partial charge in [0, 0.05) is 25.4 Å². The number of carbonyl (C=O) groups excluding carboxylic acids is 2. The van der Waals surface area contributed by atoms with E-state index >= 15 is 0 Å². The van der Waals surface area contributed by atoms with E-state index in [0.29, 0.717) is 0 Å². The highest BCUT2D eigenvalue weighted by atomic mass is 19.4. The Morgan fingerprint density at radius 2 is 1.88 bits per heavy atom. The maximum absolute atomic E-state index is 13.8. The van der Waals surface area contributed by atoms with E-state index in [1.54, 1.807) is 0 Å². The minimum absolute atomic E-state index is 0.0593. The second kappa shape index (κ2) is 8.41. The fraction of sp³-hybridized carbons (Fsp3) is 0.333. The van der Waals surface area contributed by atoms with Gasteiger partial charge in [0.05, 0.1) is 17.8 Å². The number of hydrogen-bond donors (Lipinski definition) is 1. The summed E-state index contributed by atoms with van der Waals surface area (Å²) in [6.45, 7) is -0.724. The van der Waals surface area contributed by atoms with Gasteiger partial charge in [-0.05, 0) is 30.7 Å². The highest BCUT2D eigenvalue weighted by Gasteiger charge is 2.44. The van der Waals surface area contributed by atoms with Crippen LogP contribution in [0, 0.1) is 0 Å². The van der Waals surface area contributed by atoms with Crippen molar-refractivity contribution in [2.45, 2.75) is 31.0 Å². The minimum atomic E-state index is -4.85. The molecule has 4 heterocycles. The van der Waals surface area contributed by atoms with Gasteiger partial charge in [0.15, 0.2) is 11.7 Å². The molecular weight excluding hydrogens is 449 g/mol. The highest BCUT2D eigenvalue weighted by molar-refractivity contribution is 6.02. The molecule has 0 bridgehead atoms. The van der Waals surface area contributed by atoms with Crippen LogP contribution in [0.2, 0.25) is 0 Å². The van der Waals surface area contributed by atoms with Crippen molar-refractivity contribution in [1.82, 2.24) is 24.6 Å². The summed E-state index contributed by atoms with van der Waals surface area (Å²) in [5.41, 5.74) is -0.800. The number of carbonyl (C=O) groups is 2. The number of imidazole rings is 1. The van der Waals surface area contributed by atoms with Crippen LogP contribution in [0.5, 0.6) is 0 Å². The molecule has 3 aromatic rings. The first kappa shape index (κ1) is 22.6. The molecule has 1 unspecified atom stereocenters. The summed E-state index contributed by atoms with van der Waals surface area (Å²) in [5.74, 6) is -5.42. The number of alkyl halides is 5. The Kier molecular flexibility index (Phi) is 5.76. The van der Waals surface area contributed by atoms with Gasteiger partial charge in [0.1, 0.15) is 0 Å². The smallest absolute Gasteiger partial charge is 0.334 e. The van der Waals surface area contributed by atoms with Crippen LogP contribution in [0.25, 0.3) is 5.52 Å². The van der Waals surface area contributed by atoms with Crippen molar-refractivity contribution in [1.29, 1.82) is 0 Å². The number of amides is 2. The van der Waals surface area contributed by atoms with Crippen molar-refractivity contribution in [3.8, 4) is 0 Å². The first-order valence-corrected chi connectivity index (χ1v) is 9.99. The summed E-state index contributed by atoms with van der Waals surface area (Å²) in [7, 11) is 0. The van der Waals surface area contributed by atoms with E-state index in [1.165, 1.54) is 40.9 Å². The summed E-state index contributed by atoms with van der Waals surface area (Å²) in [6, 6.07) is 5.92. The number of hydrogen-bond acceptors (Lipinski definition) is 4. The Morgan fingerprint density at radius 1 is 1.12 bits per heavy atom. The monoisotopic (exact) mass is 467 g/mol. The maximum atomic E-state index is 13.8. The molecule has 1 fully saturated rings. The summed E-state index contributed by atoms with van der Waals surface area (Å²) >= 11 is 0. The van der Waals surface area contributed by atoms with E-state index in [2.05, 4.69) is 9.97 Å². The van der Waals surface area contributed by atoms with Crippen LogP contribution in [0.4, 0.5) is 22.0 Å². The van der Waals surface area contributed by atoms with E-state index in [4.69, 9.17) is 0 Å². The Bertz CT molecular complexity index is 1180. The number of likely N-dealkylation sites (tertiary alicyclic amines) is 1. The van der Waals surface area contributed by atoms with E-state index in [1.807, 2.05) is 5.32 Å². The zero-order valence-corrected chi connectivity index (χ0v) is 17.0. The third-order valence-electron chi connectivity index (χ3n) is 5.22. The average Bonchev–Trinajstić information content (AvgIpc) is 3.16. The molecular formula is C21H18F5N5O2. The molecule has 1 N–H and O–H groups in total. The lowest BCUT2D eigenvalue weighted by molar-refractivity contribution is -0.156. The third kappa shape index (κ3) is 4.64. The van der Waals surface area contributed by atoms with Gasteiger partial charge >= 0.3 is 6.18 Å². The molecule has 4 rings (SSSR count). The summed E-state index contributed by atoms with van der Waals surface area (Å²) < 4.78 is 69.7. The first-order valence-electron chi connectivity index (χ1n) is 9.99. The van der Waals surface area contributed by atoms with Crippen molar-refractivity contribution in [2.24, 2.45) is 0 Å². The van der Waals surface area contributed by atoms with E-state index < -0.39 is 47.9 Å². The summed E-state index contributed by atoms with van der Waals surface area (Å²) in [5, 5.41) is 1.88. The standard InChI is InChI=1S/C21H18F5N5O2/c22-20(23)8-5-10-30(12-20)19(33)17-28-15(14-7-2-4-11-31(14)17)18(32)29-16(21(24,25)26)13-6-1-3-9-27-13/h1-4,6-7,9,11,16H,5,8,10,12H2,(H,29,32). The predicted octanol–water partition coefficient (Wildman–Crippen LogP) is 3.63. The van der Waals surface area contributed by atoms with Gasteiger partial charge in [0.25, 0.3) is 17.7 Å². The van der Waals surface area contributed by atoms with E-state index in [9.17, 15) is 31.5 Å². The van der Waals surface area contributed by atoms with Crippen molar-refractivity contribution in [3.05, 3.63) is 66.0 Å². The first-order chi connectivity index (χ1) is 15.6. The Balaban J connectivity index is 1.68. The maximum Gasteiger partial charge on any atom is 0.414 e. The minimum Gasteiger partial charge on any atom is -0.334 e. The second-order valence-corrected chi connectivity index (χ2v) is 7.63. The molecule has 0 aliphatic carbocycles. The van der Waals surface area contributed by atoms with Crippen LogP contribution in [0.3, 0.4) is 0 Å². The fourth-order valence-electron chi connectivity index (χ4n) is 3.71. The van der Waals surface area contributed by atoms with E-state index in [0.717, 1.165) is 17.2 Å². The quantitative estimate of drug-likeness (QED) is 0.595. The van der Waals surface area contributed by atoms with Gasteiger partial charge in [-0.25, -0.2) is 13.8 Å². The van der Waals surface area contributed by atoms with Crippen molar-refractivity contribution in [3.63, 3.8) is 0 Å². The van der Waals surface area contributed by atoms with Gasteiger partial charge in [-0.15, -0.1) is 0 Å². The molecule has 3 aromatic heterocycles. The Morgan fingerprint density at radius 3 is 2.55 bits per heavy atom. The number of fused-ring (bicyclic) bond motifs is 1. The van der Waals surface area contributed by atoms with Crippen molar-refractivity contribution < 1.29 is 31.5 Å². The third-order valence-corrected chi connectivity index (χ3v) is 5.22. The number of nitrogens with zero attached hydrogens (tertiary/aromatic N) is 4. The number of nitrogens with one attached hydrogen (secondary N) is 1. The second-order valence-electron chi connectivity index (χ2n) is 7.63. The van der Waals surface area contributed by atoms with Crippen LogP contribution in [0.15, 0.2) is 48.8 Å². The van der Waals surface area contributed by atoms with Crippen LogP contribution in [-0.2, 0) is 0 Å². The van der Waals surface area contributed by atoms with Crippen LogP contribution < -0.4 is 5.32 Å².